The summed E-state index contributed by atoms with van der Waals surface area (Å²) in [6.07, 6.45) is -2.09. The Labute approximate surface area is 283 Å². The first kappa shape index (κ1) is 40.2. The summed E-state index contributed by atoms with van der Waals surface area (Å²) in [5, 5.41) is 18.5. The van der Waals surface area contributed by atoms with Crippen LogP contribution in [0.2, 0.25) is 0 Å². The zero-order chi connectivity index (χ0) is 35.4. The minimum absolute atomic E-state index is 0.0338. The molecule has 0 aliphatic carbocycles. The molecule has 0 saturated carbocycles. The van der Waals surface area contributed by atoms with Gasteiger partial charge in [-0.25, -0.2) is 0 Å². The number of cyclic esters (lactones) is 1. The second-order valence-electron chi connectivity index (χ2n) is 15.1. The maximum absolute atomic E-state index is 14.2. The van der Waals surface area contributed by atoms with E-state index in [0.29, 0.717) is 25.8 Å². The van der Waals surface area contributed by atoms with Gasteiger partial charge in [-0.1, -0.05) is 27.7 Å². The number of methoxy groups -OCH3 is 1. The molecular weight excluding hydrogens is 604 g/mol. The lowest BCUT2D eigenvalue weighted by Crippen LogP contribution is -2.60. The van der Waals surface area contributed by atoms with Crippen LogP contribution < -0.4 is 10.6 Å². The maximum atomic E-state index is 14.2. The summed E-state index contributed by atoms with van der Waals surface area (Å²) in [7, 11) is 7.59. The van der Waals surface area contributed by atoms with Crippen LogP contribution in [0, 0.1) is 17.8 Å². The van der Waals surface area contributed by atoms with E-state index in [1.54, 1.807) is 21.0 Å². The summed E-state index contributed by atoms with van der Waals surface area (Å²) in [5.74, 6) is -2.62. The molecule has 0 bridgehead atoms. The molecule has 14 atom stereocenters. The van der Waals surface area contributed by atoms with Gasteiger partial charge in [-0.15, -0.1) is 0 Å². The van der Waals surface area contributed by atoms with Crippen LogP contribution in [0.1, 0.15) is 81.6 Å². The Balaban J connectivity index is 2.05. The number of hydrogen-bond acceptors (Lipinski definition) is 12. The molecule has 0 radical (unpaired) electrons. The van der Waals surface area contributed by atoms with Crippen molar-refractivity contribution >= 4 is 11.8 Å². The van der Waals surface area contributed by atoms with E-state index in [1.807, 2.05) is 53.6 Å². The number of fused-ring (bicyclic) bond motifs is 1. The second-order valence-corrected chi connectivity index (χ2v) is 15.1. The number of rotatable bonds is 8. The Morgan fingerprint density at radius 3 is 2.36 bits per heavy atom. The smallest absolute Gasteiger partial charge is 0.316 e. The van der Waals surface area contributed by atoms with Gasteiger partial charge in [0.25, 0.3) is 0 Å². The number of carbonyl (C=O) groups excluding carboxylic acids is 2. The third kappa shape index (κ3) is 8.93. The molecule has 0 spiro atoms. The summed E-state index contributed by atoms with van der Waals surface area (Å²) in [6, 6.07) is -0.309. The molecule has 3 saturated heterocycles. The van der Waals surface area contributed by atoms with Crippen molar-refractivity contribution in [2.45, 2.75) is 148 Å². The van der Waals surface area contributed by atoms with E-state index >= 15 is 0 Å². The van der Waals surface area contributed by atoms with Crippen molar-refractivity contribution < 1.29 is 38.4 Å². The average molecular weight is 671 g/mol. The first-order valence-corrected chi connectivity index (χ1v) is 17.7. The number of ether oxygens (including phenoxy) is 5. The summed E-state index contributed by atoms with van der Waals surface area (Å²) in [6.45, 7) is 19.8. The second kappa shape index (κ2) is 16.7. The number of aliphatic hydroxyl groups is 1. The van der Waals surface area contributed by atoms with Crippen molar-refractivity contribution in [3.8, 4) is 0 Å². The lowest BCUT2D eigenvalue weighted by molar-refractivity contribution is -0.297. The molecule has 12 nitrogen and oxygen atoms in total. The predicted molar refractivity (Wildman–Crippen MR) is 181 cm³/mol. The first-order chi connectivity index (χ1) is 21.9. The van der Waals surface area contributed by atoms with Gasteiger partial charge in [0.1, 0.15) is 30.0 Å². The Kier molecular flexibility index (Phi) is 14.3. The van der Waals surface area contributed by atoms with Crippen LogP contribution in [-0.2, 0) is 33.3 Å². The minimum atomic E-state index is -1.06. The van der Waals surface area contributed by atoms with E-state index in [2.05, 4.69) is 36.4 Å². The Morgan fingerprint density at radius 1 is 1.13 bits per heavy atom. The number of carbonyl (C=O) groups is 2. The lowest BCUT2D eigenvalue weighted by atomic mass is 9.78. The molecular formula is C35H66N4O8. The fourth-order valence-corrected chi connectivity index (χ4v) is 8.21. The highest BCUT2D eigenvalue weighted by molar-refractivity contribution is 6.00. The van der Waals surface area contributed by atoms with Crippen LogP contribution in [0.25, 0.3) is 0 Å². The van der Waals surface area contributed by atoms with Crippen LogP contribution in [-0.4, -0.2) is 141 Å². The third-order valence-electron chi connectivity index (χ3n) is 11.1. The molecule has 3 fully saturated rings. The number of nitrogens with one attached hydrogen (secondary N) is 2. The molecule has 2 unspecified atom stereocenters. The summed E-state index contributed by atoms with van der Waals surface area (Å²) in [5.41, 5.74) is -1.76. The average Bonchev–Trinajstić information content (AvgIpc) is 3.33. The maximum Gasteiger partial charge on any atom is 0.316 e. The molecule has 0 amide bonds. The molecule has 0 aromatic carbocycles. The number of Topliss-reactive ketones (excluding diaryl/α,β-unsaturated/α-hetero) is 1. The van der Waals surface area contributed by atoms with Crippen molar-refractivity contribution in [3.63, 3.8) is 0 Å². The Morgan fingerprint density at radius 2 is 1.79 bits per heavy atom. The summed E-state index contributed by atoms with van der Waals surface area (Å²) in [4.78, 5) is 32.3. The minimum Gasteiger partial charge on any atom is -0.459 e. The van der Waals surface area contributed by atoms with Gasteiger partial charge >= 0.3 is 5.97 Å². The van der Waals surface area contributed by atoms with Gasteiger partial charge in [0, 0.05) is 38.2 Å². The van der Waals surface area contributed by atoms with E-state index < -0.39 is 53.6 Å². The predicted octanol–water partition coefficient (Wildman–Crippen LogP) is 2.41. The molecule has 3 N–H and O–H groups in total. The first-order valence-electron chi connectivity index (χ1n) is 17.7. The molecule has 3 heterocycles. The third-order valence-corrected chi connectivity index (χ3v) is 11.1. The molecule has 0 aromatic rings. The molecule has 3 aliphatic heterocycles. The molecule has 3 aliphatic rings. The number of likely N-dealkylation sites (N-methyl/N-ethyl adjacent to an activating group) is 3. The SMILES string of the molecule is CCNC[C@@H]1C[C@H](N(C)C)[C@@H](O)[C@H](O[C@@H]2[C@@H](C)C(=O)C(C)C(=O)O[C@H](CC)[C@@]3(C)OC(C)N[C@@H]3[C@@H](C)N(C)C[C@H](C)C[C@@]2(C)OC)O1. The van der Waals surface area contributed by atoms with Crippen molar-refractivity contribution in [1.82, 2.24) is 20.4 Å². The number of nitrogens with zero attached hydrogens (tertiary/aromatic N) is 2. The summed E-state index contributed by atoms with van der Waals surface area (Å²) < 4.78 is 32.0. The number of esters is 1. The fourth-order valence-electron chi connectivity index (χ4n) is 8.21. The van der Waals surface area contributed by atoms with E-state index in [9.17, 15) is 14.7 Å². The Bertz CT molecular complexity index is 1040. The van der Waals surface area contributed by atoms with Crippen LogP contribution in [0.4, 0.5) is 0 Å². The van der Waals surface area contributed by atoms with Crippen LogP contribution in [0.3, 0.4) is 0 Å². The summed E-state index contributed by atoms with van der Waals surface area (Å²) >= 11 is 0. The van der Waals surface area contributed by atoms with Gasteiger partial charge in [-0.05, 0) is 87.5 Å². The van der Waals surface area contributed by atoms with Crippen molar-refractivity contribution in [1.29, 1.82) is 0 Å². The highest BCUT2D eigenvalue weighted by Crippen LogP contribution is 2.39. The largest absolute Gasteiger partial charge is 0.459 e. The Hall–Kier alpha value is -1.22. The van der Waals surface area contributed by atoms with Gasteiger partial charge < -0.3 is 43.9 Å². The monoisotopic (exact) mass is 670 g/mol. The van der Waals surface area contributed by atoms with Gasteiger partial charge in [-0.2, -0.15) is 0 Å². The molecule has 47 heavy (non-hydrogen) atoms. The van der Waals surface area contributed by atoms with E-state index in [0.717, 1.165) is 13.1 Å². The van der Waals surface area contributed by atoms with Gasteiger partial charge in [-0.3, -0.25) is 14.9 Å². The highest BCUT2D eigenvalue weighted by Gasteiger charge is 2.54. The van der Waals surface area contributed by atoms with E-state index in [-0.39, 0.29) is 42.2 Å². The van der Waals surface area contributed by atoms with Crippen molar-refractivity contribution in [2.24, 2.45) is 17.8 Å². The number of ketones is 1. The zero-order valence-corrected chi connectivity index (χ0v) is 31.4. The quantitative estimate of drug-likeness (QED) is 0.259. The highest BCUT2D eigenvalue weighted by atomic mass is 16.7. The van der Waals surface area contributed by atoms with Gasteiger partial charge in [0.05, 0.1) is 23.9 Å². The van der Waals surface area contributed by atoms with Crippen molar-refractivity contribution in [3.05, 3.63) is 0 Å². The van der Waals surface area contributed by atoms with E-state index in [4.69, 9.17) is 23.7 Å². The molecule has 12 heteroatoms. The van der Waals surface area contributed by atoms with Crippen LogP contribution in [0.15, 0.2) is 0 Å². The zero-order valence-electron chi connectivity index (χ0n) is 31.4. The van der Waals surface area contributed by atoms with E-state index in [1.165, 1.54) is 0 Å². The van der Waals surface area contributed by atoms with Gasteiger partial charge in [0.2, 0.25) is 0 Å². The van der Waals surface area contributed by atoms with Crippen LogP contribution in [0.5, 0.6) is 0 Å². The molecule has 3 rings (SSSR count). The van der Waals surface area contributed by atoms with Gasteiger partial charge in [0.15, 0.2) is 12.1 Å². The molecule has 0 aromatic heterocycles. The topological polar surface area (TPSA) is 131 Å². The van der Waals surface area contributed by atoms with Crippen LogP contribution >= 0.6 is 0 Å². The number of aliphatic hydroxyl groups excluding tert-OH is 1. The normalized spacial score (nSPS) is 44.9. The molecule has 274 valence electrons. The standard InChI is InChI=1S/C35H66N4O8/c1-14-27-35(9)30(37-24(7)47-35)23(6)39(12)19-20(3)17-34(8,43-13)31(21(4)28(40)22(5)32(42)45-27)46-33-29(41)26(38(10)11)16-25(44-33)18-36-15-2/h20-27,29-31,33,36-37,41H,14-19H2,1-13H3/t20-,21+,22?,23-,24?,25+,26+,27-,29-,30-,31-,33+,34-,35-/m1/s1. The van der Waals surface area contributed by atoms with Crippen molar-refractivity contribution in [2.75, 3.05) is 47.9 Å². The fraction of sp³-hybridized carbons (Fsp3) is 0.943. The number of hydrogen-bond donors (Lipinski definition) is 3. The lowest BCUT2D eigenvalue weighted by Gasteiger charge is -2.47.